The second kappa shape index (κ2) is 7.23. The highest BCUT2D eigenvalue weighted by atomic mass is 32.1. The standard InChI is InChI=1S/C19H23N3O3S/c1-2-25-14-7-8-15-16(10-14)26-19(20-15)21-18(24)12-9-17(23)22(11-12)13-5-3-4-6-13/h7-8,10,12-13H,2-6,9,11H2,1H3,(H,20,21,24). The van der Waals surface area contributed by atoms with Crippen LogP contribution in [0.1, 0.15) is 39.0 Å². The van der Waals surface area contributed by atoms with Crippen LogP contribution in [0.2, 0.25) is 0 Å². The molecule has 1 saturated carbocycles. The van der Waals surface area contributed by atoms with Gasteiger partial charge in [-0.05, 0) is 38.0 Å². The van der Waals surface area contributed by atoms with Gasteiger partial charge in [-0.3, -0.25) is 9.59 Å². The monoisotopic (exact) mass is 373 g/mol. The molecule has 1 unspecified atom stereocenters. The molecule has 1 aromatic heterocycles. The zero-order chi connectivity index (χ0) is 18.1. The van der Waals surface area contributed by atoms with E-state index in [-0.39, 0.29) is 17.7 Å². The molecule has 6 nitrogen and oxygen atoms in total. The fourth-order valence-corrected chi connectivity index (χ4v) is 4.80. The van der Waals surface area contributed by atoms with Crippen molar-refractivity contribution in [2.45, 2.75) is 45.1 Å². The summed E-state index contributed by atoms with van der Waals surface area (Å²) in [5.41, 5.74) is 0.837. The summed E-state index contributed by atoms with van der Waals surface area (Å²) in [7, 11) is 0. The first-order chi connectivity index (χ1) is 12.6. The number of nitrogens with zero attached hydrogens (tertiary/aromatic N) is 2. The number of fused-ring (bicyclic) bond motifs is 1. The van der Waals surface area contributed by atoms with Crippen molar-refractivity contribution in [1.82, 2.24) is 9.88 Å². The number of hydrogen-bond donors (Lipinski definition) is 1. The van der Waals surface area contributed by atoms with Gasteiger partial charge in [0, 0.05) is 19.0 Å². The smallest absolute Gasteiger partial charge is 0.231 e. The molecule has 1 aromatic carbocycles. The summed E-state index contributed by atoms with van der Waals surface area (Å²) in [6.45, 7) is 3.09. The van der Waals surface area contributed by atoms with Crippen molar-refractivity contribution in [2.75, 3.05) is 18.5 Å². The predicted octanol–water partition coefficient (Wildman–Crippen LogP) is 3.42. The topological polar surface area (TPSA) is 71.5 Å². The largest absolute Gasteiger partial charge is 0.494 e. The number of likely N-dealkylation sites (tertiary alicyclic amines) is 1. The van der Waals surface area contributed by atoms with E-state index >= 15 is 0 Å². The van der Waals surface area contributed by atoms with E-state index in [9.17, 15) is 9.59 Å². The molecule has 1 saturated heterocycles. The molecule has 26 heavy (non-hydrogen) atoms. The first-order valence-electron chi connectivity index (χ1n) is 9.27. The Morgan fingerprint density at radius 2 is 2.19 bits per heavy atom. The van der Waals surface area contributed by atoms with E-state index in [1.54, 1.807) is 0 Å². The molecule has 1 atom stereocenters. The maximum absolute atomic E-state index is 12.6. The van der Waals surface area contributed by atoms with Crippen LogP contribution in [0.5, 0.6) is 5.75 Å². The number of aromatic nitrogens is 1. The number of nitrogens with one attached hydrogen (secondary N) is 1. The maximum atomic E-state index is 12.6. The zero-order valence-electron chi connectivity index (χ0n) is 14.9. The number of benzene rings is 1. The van der Waals surface area contributed by atoms with Crippen molar-refractivity contribution in [3.8, 4) is 5.75 Å². The molecule has 2 amide bonds. The summed E-state index contributed by atoms with van der Waals surface area (Å²) in [5.74, 6) is 0.523. The highest BCUT2D eigenvalue weighted by molar-refractivity contribution is 7.22. The quantitative estimate of drug-likeness (QED) is 0.872. The summed E-state index contributed by atoms with van der Waals surface area (Å²) in [4.78, 5) is 31.3. The molecule has 7 heteroatoms. The van der Waals surface area contributed by atoms with Crippen LogP contribution < -0.4 is 10.1 Å². The first-order valence-corrected chi connectivity index (χ1v) is 10.1. The Morgan fingerprint density at radius 1 is 1.38 bits per heavy atom. The average Bonchev–Trinajstić information content (AvgIpc) is 3.33. The number of amides is 2. The average molecular weight is 373 g/mol. The predicted molar refractivity (Wildman–Crippen MR) is 101 cm³/mol. The number of thiazole rings is 1. The van der Waals surface area contributed by atoms with E-state index < -0.39 is 0 Å². The fraction of sp³-hybridized carbons (Fsp3) is 0.526. The number of anilines is 1. The van der Waals surface area contributed by atoms with Gasteiger partial charge in [0.15, 0.2) is 5.13 Å². The van der Waals surface area contributed by atoms with Crippen molar-refractivity contribution < 1.29 is 14.3 Å². The zero-order valence-corrected chi connectivity index (χ0v) is 15.7. The number of carbonyl (C=O) groups is 2. The lowest BCUT2D eigenvalue weighted by Crippen LogP contribution is -2.35. The van der Waals surface area contributed by atoms with Gasteiger partial charge < -0.3 is 15.0 Å². The highest BCUT2D eigenvalue weighted by Crippen LogP contribution is 2.32. The van der Waals surface area contributed by atoms with Crippen molar-refractivity contribution in [2.24, 2.45) is 5.92 Å². The summed E-state index contributed by atoms with van der Waals surface area (Å²) in [6, 6.07) is 6.05. The minimum Gasteiger partial charge on any atom is -0.494 e. The molecule has 138 valence electrons. The third-order valence-electron chi connectivity index (χ3n) is 5.20. The summed E-state index contributed by atoms with van der Waals surface area (Å²) < 4.78 is 6.48. The second-order valence-electron chi connectivity index (χ2n) is 6.96. The summed E-state index contributed by atoms with van der Waals surface area (Å²) >= 11 is 1.43. The van der Waals surface area contributed by atoms with Gasteiger partial charge in [0.05, 0.1) is 22.7 Å². The van der Waals surface area contributed by atoms with Crippen LogP contribution in [-0.4, -0.2) is 40.9 Å². The molecule has 1 N–H and O–H groups in total. The highest BCUT2D eigenvalue weighted by Gasteiger charge is 2.38. The Hall–Kier alpha value is -2.15. The lowest BCUT2D eigenvalue weighted by molar-refractivity contribution is -0.129. The van der Waals surface area contributed by atoms with Gasteiger partial charge in [0.2, 0.25) is 11.8 Å². The van der Waals surface area contributed by atoms with E-state index in [0.29, 0.717) is 30.7 Å². The Kier molecular flexibility index (Phi) is 4.80. The minimum atomic E-state index is -0.283. The van der Waals surface area contributed by atoms with E-state index in [0.717, 1.165) is 28.8 Å². The van der Waals surface area contributed by atoms with Crippen LogP contribution in [0.25, 0.3) is 10.2 Å². The van der Waals surface area contributed by atoms with Crippen LogP contribution >= 0.6 is 11.3 Å². The molecule has 2 fully saturated rings. The third-order valence-corrected chi connectivity index (χ3v) is 6.13. The molecule has 0 spiro atoms. The Labute approximate surface area is 156 Å². The Balaban J connectivity index is 1.43. The van der Waals surface area contributed by atoms with Crippen molar-refractivity contribution >= 4 is 38.5 Å². The van der Waals surface area contributed by atoms with Crippen LogP contribution in [0.3, 0.4) is 0 Å². The Bertz CT molecular complexity index is 829. The number of rotatable bonds is 5. The summed E-state index contributed by atoms with van der Waals surface area (Å²) in [5, 5.41) is 3.48. The van der Waals surface area contributed by atoms with Crippen molar-refractivity contribution in [3.05, 3.63) is 18.2 Å². The Morgan fingerprint density at radius 3 is 2.96 bits per heavy atom. The number of ether oxygens (including phenoxy) is 1. The van der Waals surface area contributed by atoms with Gasteiger partial charge in [-0.1, -0.05) is 24.2 Å². The van der Waals surface area contributed by atoms with E-state index in [1.165, 1.54) is 24.2 Å². The molecule has 2 aromatic rings. The normalized spacial score (nSPS) is 20.9. The first kappa shape index (κ1) is 17.3. The third kappa shape index (κ3) is 3.40. The molecule has 4 rings (SSSR count). The fourth-order valence-electron chi connectivity index (χ4n) is 3.90. The summed E-state index contributed by atoms with van der Waals surface area (Å²) in [6.07, 6.45) is 4.81. The molecular formula is C19H23N3O3S. The minimum absolute atomic E-state index is 0.108. The van der Waals surface area contributed by atoms with Gasteiger partial charge in [-0.25, -0.2) is 4.98 Å². The van der Waals surface area contributed by atoms with Crippen LogP contribution in [0, 0.1) is 5.92 Å². The van der Waals surface area contributed by atoms with Gasteiger partial charge in [-0.15, -0.1) is 0 Å². The molecule has 1 aliphatic heterocycles. The molecular weight excluding hydrogens is 350 g/mol. The van der Waals surface area contributed by atoms with E-state index in [2.05, 4.69) is 10.3 Å². The van der Waals surface area contributed by atoms with Crippen LogP contribution in [0.15, 0.2) is 18.2 Å². The lowest BCUT2D eigenvalue weighted by atomic mass is 10.1. The van der Waals surface area contributed by atoms with Crippen molar-refractivity contribution in [1.29, 1.82) is 0 Å². The van der Waals surface area contributed by atoms with Gasteiger partial charge in [-0.2, -0.15) is 0 Å². The molecule has 2 aliphatic rings. The number of carbonyl (C=O) groups excluding carboxylic acids is 2. The van der Waals surface area contributed by atoms with Gasteiger partial charge in [0.1, 0.15) is 5.75 Å². The van der Waals surface area contributed by atoms with Crippen LogP contribution in [-0.2, 0) is 9.59 Å². The van der Waals surface area contributed by atoms with Crippen LogP contribution in [0.4, 0.5) is 5.13 Å². The molecule has 1 aliphatic carbocycles. The maximum Gasteiger partial charge on any atom is 0.231 e. The molecule has 0 bridgehead atoms. The molecule has 0 radical (unpaired) electrons. The lowest BCUT2D eigenvalue weighted by Gasteiger charge is -2.23. The van der Waals surface area contributed by atoms with Crippen molar-refractivity contribution in [3.63, 3.8) is 0 Å². The van der Waals surface area contributed by atoms with Gasteiger partial charge >= 0.3 is 0 Å². The van der Waals surface area contributed by atoms with Gasteiger partial charge in [0.25, 0.3) is 0 Å². The molecule has 2 heterocycles. The second-order valence-corrected chi connectivity index (χ2v) is 7.99. The number of hydrogen-bond acceptors (Lipinski definition) is 5. The van der Waals surface area contributed by atoms with E-state index in [1.807, 2.05) is 30.0 Å². The SMILES string of the molecule is CCOc1ccc2nc(NC(=O)C3CC(=O)N(C4CCCC4)C3)sc2c1. The van der Waals surface area contributed by atoms with E-state index in [4.69, 9.17) is 4.74 Å².